The Bertz CT molecular complexity index is 863. The molecule has 2 aromatic rings. The van der Waals surface area contributed by atoms with E-state index in [-0.39, 0.29) is 17.7 Å². The summed E-state index contributed by atoms with van der Waals surface area (Å²) in [5.74, 6) is 0.846. The van der Waals surface area contributed by atoms with Crippen molar-refractivity contribution in [3.63, 3.8) is 0 Å². The molecule has 28 heavy (non-hydrogen) atoms. The number of carbonyl (C=O) groups excluding carboxylic acids is 2. The van der Waals surface area contributed by atoms with Gasteiger partial charge in [0.15, 0.2) is 0 Å². The van der Waals surface area contributed by atoms with Crippen molar-refractivity contribution in [2.45, 2.75) is 12.8 Å². The molecule has 1 fully saturated rings. The molecular formula is C21H23ClN2O4. The number of carbonyl (C=O) groups is 2. The lowest BCUT2D eigenvalue weighted by Crippen LogP contribution is -2.41. The topological polar surface area (TPSA) is 67.9 Å². The van der Waals surface area contributed by atoms with Crippen molar-refractivity contribution in [3.05, 3.63) is 53.1 Å². The molecular weight excluding hydrogens is 380 g/mol. The first-order valence-electron chi connectivity index (χ1n) is 9.10. The van der Waals surface area contributed by atoms with Crippen LogP contribution in [-0.2, 0) is 4.79 Å². The van der Waals surface area contributed by atoms with Crippen LogP contribution < -0.4 is 14.8 Å². The maximum Gasteiger partial charge on any atom is 0.255 e. The third kappa shape index (κ3) is 4.39. The van der Waals surface area contributed by atoms with Crippen molar-refractivity contribution < 1.29 is 19.1 Å². The minimum absolute atomic E-state index is 0.0867. The molecule has 0 saturated carbocycles. The minimum Gasteiger partial charge on any atom is -0.497 e. The Morgan fingerprint density at radius 1 is 1.07 bits per heavy atom. The number of hydrogen-bond donors (Lipinski definition) is 1. The highest BCUT2D eigenvalue weighted by Crippen LogP contribution is 2.30. The molecule has 3 rings (SSSR count). The van der Waals surface area contributed by atoms with E-state index in [2.05, 4.69) is 5.32 Å². The monoisotopic (exact) mass is 402 g/mol. The average Bonchev–Trinajstić information content (AvgIpc) is 2.73. The molecule has 6 nitrogen and oxygen atoms in total. The zero-order valence-electron chi connectivity index (χ0n) is 15.9. The van der Waals surface area contributed by atoms with Crippen molar-refractivity contribution in [1.82, 2.24) is 4.90 Å². The van der Waals surface area contributed by atoms with Crippen LogP contribution in [0.1, 0.15) is 23.2 Å². The molecule has 0 aromatic heterocycles. The molecule has 0 spiro atoms. The van der Waals surface area contributed by atoms with E-state index in [4.69, 9.17) is 21.1 Å². The van der Waals surface area contributed by atoms with Gasteiger partial charge in [-0.2, -0.15) is 0 Å². The summed E-state index contributed by atoms with van der Waals surface area (Å²) in [5, 5.41) is 3.36. The van der Waals surface area contributed by atoms with Crippen LogP contribution in [0.2, 0.25) is 5.02 Å². The van der Waals surface area contributed by atoms with Gasteiger partial charge in [-0.3, -0.25) is 9.59 Å². The summed E-state index contributed by atoms with van der Waals surface area (Å²) in [6, 6.07) is 12.3. The number of methoxy groups -OCH3 is 2. The Balaban J connectivity index is 1.61. The van der Waals surface area contributed by atoms with Gasteiger partial charge in [-0.15, -0.1) is 0 Å². The minimum atomic E-state index is -0.175. The van der Waals surface area contributed by atoms with Crippen LogP contribution in [0.5, 0.6) is 11.5 Å². The third-order valence-corrected chi connectivity index (χ3v) is 5.25. The summed E-state index contributed by atoms with van der Waals surface area (Å²) in [4.78, 5) is 27.1. The molecule has 0 bridgehead atoms. The van der Waals surface area contributed by atoms with Gasteiger partial charge in [0.05, 0.1) is 30.5 Å². The van der Waals surface area contributed by atoms with Crippen molar-refractivity contribution >= 4 is 29.1 Å². The van der Waals surface area contributed by atoms with Gasteiger partial charge < -0.3 is 19.7 Å². The number of hydrogen-bond acceptors (Lipinski definition) is 4. The van der Waals surface area contributed by atoms with Crippen molar-refractivity contribution in [2.24, 2.45) is 5.92 Å². The second-order valence-corrected chi connectivity index (χ2v) is 7.01. The van der Waals surface area contributed by atoms with E-state index < -0.39 is 0 Å². The first-order chi connectivity index (χ1) is 13.5. The van der Waals surface area contributed by atoms with Gasteiger partial charge >= 0.3 is 0 Å². The van der Waals surface area contributed by atoms with E-state index in [9.17, 15) is 9.59 Å². The molecule has 0 atom stereocenters. The molecule has 7 heteroatoms. The quantitative estimate of drug-likeness (QED) is 0.824. The molecule has 148 valence electrons. The van der Waals surface area contributed by atoms with Gasteiger partial charge in [0.2, 0.25) is 5.91 Å². The van der Waals surface area contributed by atoms with Crippen LogP contribution in [0.15, 0.2) is 42.5 Å². The molecule has 2 amide bonds. The molecule has 1 aliphatic rings. The molecule has 0 aliphatic carbocycles. The Kier molecular flexibility index (Phi) is 6.41. The number of halogens is 1. The fraction of sp³-hybridized carbons (Fsp3) is 0.333. The van der Waals surface area contributed by atoms with E-state index in [1.807, 2.05) is 0 Å². The number of amides is 2. The molecule has 1 aliphatic heterocycles. The number of benzene rings is 2. The molecule has 0 unspecified atom stereocenters. The molecule has 1 heterocycles. The van der Waals surface area contributed by atoms with E-state index >= 15 is 0 Å². The van der Waals surface area contributed by atoms with Gasteiger partial charge in [0.1, 0.15) is 11.5 Å². The summed E-state index contributed by atoms with van der Waals surface area (Å²) in [6.45, 7) is 1.02. The Hall–Kier alpha value is -2.73. The van der Waals surface area contributed by atoms with Crippen LogP contribution >= 0.6 is 11.6 Å². The van der Waals surface area contributed by atoms with E-state index in [1.165, 1.54) is 0 Å². The number of nitrogens with one attached hydrogen (secondary N) is 1. The summed E-state index contributed by atoms with van der Waals surface area (Å²) in [6.07, 6.45) is 1.18. The molecule has 2 aromatic carbocycles. The first kappa shape index (κ1) is 20.0. The predicted molar refractivity (Wildman–Crippen MR) is 108 cm³/mol. The number of nitrogens with zero attached hydrogens (tertiary/aromatic N) is 1. The van der Waals surface area contributed by atoms with Gasteiger partial charge in [0.25, 0.3) is 5.91 Å². The zero-order valence-corrected chi connectivity index (χ0v) is 16.7. The highest BCUT2D eigenvalue weighted by atomic mass is 35.5. The number of piperidine rings is 1. The van der Waals surface area contributed by atoms with Crippen LogP contribution in [0.25, 0.3) is 0 Å². The predicted octanol–water partition coefficient (Wildman–Crippen LogP) is 3.85. The smallest absolute Gasteiger partial charge is 0.255 e. The molecule has 0 radical (unpaired) electrons. The van der Waals surface area contributed by atoms with E-state index in [0.29, 0.717) is 53.7 Å². The highest BCUT2D eigenvalue weighted by Gasteiger charge is 2.29. The highest BCUT2D eigenvalue weighted by molar-refractivity contribution is 6.33. The lowest BCUT2D eigenvalue weighted by atomic mass is 9.95. The molecule has 1 saturated heterocycles. The largest absolute Gasteiger partial charge is 0.497 e. The third-order valence-electron chi connectivity index (χ3n) is 4.92. The second kappa shape index (κ2) is 8.97. The summed E-state index contributed by atoms with van der Waals surface area (Å²) in [7, 11) is 3.12. The lowest BCUT2D eigenvalue weighted by molar-refractivity contribution is -0.121. The number of likely N-dealkylation sites (tertiary alicyclic amines) is 1. The molecule has 1 N–H and O–H groups in total. The fourth-order valence-corrected chi connectivity index (χ4v) is 3.51. The average molecular weight is 403 g/mol. The normalized spacial score (nSPS) is 14.5. The number of anilines is 1. The fourth-order valence-electron chi connectivity index (χ4n) is 3.30. The van der Waals surface area contributed by atoms with Crippen LogP contribution in [-0.4, -0.2) is 44.0 Å². The Morgan fingerprint density at radius 2 is 1.79 bits per heavy atom. The first-order valence-corrected chi connectivity index (χ1v) is 9.48. The van der Waals surface area contributed by atoms with Gasteiger partial charge in [-0.05, 0) is 37.1 Å². The Morgan fingerprint density at radius 3 is 2.43 bits per heavy atom. The van der Waals surface area contributed by atoms with E-state index in [0.717, 1.165) is 0 Å². The summed E-state index contributed by atoms with van der Waals surface area (Å²) in [5.41, 5.74) is 1.06. The summed E-state index contributed by atoms with van der Waals surface area (Å²) < 4.78 is 10.5. The van der Waals surface area contributed by atoms with Gasteiger partial charge in [-0.25, -0.2) is 0 Å². The number of rotatable bonds is 5. The van der Waals surface area contributed by atoms with Crippen LogP contribution in [0, 0.1) is 5.92 Å². The SMILES string of the molecule is COc1ccc(OC)c(NC(=O)C2CCN(C(=O)c3ccccc3Cl)CC2)c1. The zero-order chi connectivity index (χ0) is 20.1. The standard InChI is InChI=1S/C21H23ClN2O4/c1-27-15-7-8-19(28-2)18(13-15)23-20(25)14-9-11-24(12-10-14)21(26)16-5-3-4-6-17(16)22/h3-8,13-14H,9-12H2,1-2H3,(H,23,25). The van der Waals surface area contributed by atoms with Crippen molar-refractivity contribution in [2.75, 3.05) is 32.6 Å². The van der Waals surface area contributed by atoms with E-state index in [1.54, 1.807) is 61.6 Å². The van der Waals surface area contributed by atoms with Gasteiger partial charge in [0, 0.05) is 25.1 Å². The van der Waals surface area contributed by atoms with Crippen LogP contribution in [0.4, 0.5) is 5.69 Å². The lowest BCUT2D eigenvalue weighted by Gasteiger charge is -2.31. The second-order valence-electron chi connectivity index (χ2n) is 6.60. The van der Waals surface area contributed by atoms with Crippen LogP contribution in [0.3, 0.4) is 0 Å². The number of ether oxygens (including phenoxy) is 2. The maximum absolute atomic E-state index is 12.7. The maximum atomic E-state index is 12.7. The van der Waals surface area contributed by atoms with Gasteiger partial charge in [-0.1, -0.05) is 23.7 Å². The van der Waals surface area contributed by atoms with Crippen molar-refractivity contribution in [3.8, 4) is 11.5 Å². The Labute approximate surface area is 169 Å². The van der Waals surface area contributed by atoms with Crippen molar-refractivity contribution in [1.29, 1.82) is 0 Å². The summed E-state index contributed by atoms with van der Waals surface area (Å²) >= 11 is 6.13.